The van der Waals surface area contributed by atoms with Crippen LogP contribution >= 0.6 is 0 Å². The minimum Gasteiger partial charge on any atom is -0.497 e. The predicted octanol–water partition coefficient (Wildman–Crippen LogP) is 4.63. The number of ether oxygens (including phenoxy) is 5. The number of nitrogens with zero attached hydrogens (tertiary/aromatic N) is 2. The summed E-state index contributed by atoms with van der Waals surface area (Å²) >= 11 is 0. The smallest absolute Gasteiger partial charge is 0.302 e. The van der Waals surface area contributed by atoms with Crippen LogP contribution in [0.5, 0.6) is 17.5 Å². The molecule has 3 heterocycles. The summed E-state index contributed by atoms with van der Waals surface area (Å²) in [5.41, 5.74) is 2.13. The molecule has 1 fully saturated rings. The highest BCUT2D eigenvalue weighted by atomic mass is 16.6. The second-order valence-electron chi connectivity index (χ2n) is 9.76. The molecular formula is C31H30N2O6. The van der Waals surface area contributed by atoms with Crippen molar-refractivity contribution in [3.63, 3.8) is 0 Å². The fourth-order valence-electron chi connectivity index (χ4n) is 5.41. The lowest BCUT2D eigenvalue weighted by Crippen LogP contribution is -2.39. The fourth-order valence-corrected chi connectivity index (χ4v) is 5.41. The molecule has 8 nitrogen and oxygen atoms in total. The number of fused-ring (bicyclic) bond motifs is 4. The topological polar surface area (TPSA) is 81.0 Å². The van der Waals surface area contributed by atoms with Crippen molar-refractivity contribution in [1.29, 1.82) is 0 Å². The first-order valence-electron chi connectivity index (χ1n) is 12.9. The average molecular weight is 527 g/mol. The van der Waals surface area contributed by atoms with Gasteiger partial charge in [-0.3, -0.25) is 9.36 Å². The van der Waals surface area contributed by atoms with Crippen molar-refractivity contribution >= 4 is 0 Å². The largest absolute Gasteiger partial charge is 0.497 e. The zero-order chi connectivity index (χ0) is 27.0. The van der Waals surface area contributed by atoms with Crippen molar-refractivity contribution in [3.8, 4) is 17.5 Å². The first-order valence-corrected chi connectivity index (χ1v) is 12.9. The molecule has 0 aliphatic carbocycles. The molecule has 6 rings (SSSR count). The van der Waals surface area contributed by atoms with Gasteiger partial charge in [-0.2, -0.15) is 4.98 Å². The van der Waals surface area contributed by atoms with E-state index in [0.29, 0.717) is 12.0 Å². The van der Waals surface area contributed by atoms with Crippen molar-refractivity contribution in [2.24, 2.45) is 0 Å². The molecule has 8 heteroatoms. The number of aromatic nitrogens is 2. The highest BCUT2D eigenvalue weighted by Gasteiger charge is 2.46. The third kappa shape index (κ3) is 4.45. The summed E-state index contributed by atoms with van der Waals surface area (Å²) in [6.45, 7) is 1.98. The molecular weight excluding hydrogens is 496 g/mol. The molecule has 0 radical (unpaired) electrons. The minimum atomic E-state index is -0.961. The number of hydrogen-bond acceptors (Lipinski definition) is 7. The summed E-state index contributed by atoms with van der Waals surface area (Å²) < 4.78 is 32.2. The van der Waals surface area contributed by atoms with E-state index in [9.17, 15) is 4.79 Å². The van der Waals surface area contributed by atoms with Crippen LogP contribution in [0.15, 0.2) is 89.9 Å². The lowest BCUT2D eigenvalue weighted by Gasteiger charge is -2.37. The van der Waals surface area contributed by atoms with Gasteiger partial charge in [0.1, 0.15) is 35.5 Å². The summed E-state index contributed by atoms with van der Waals surface area (Å²) in [5, 5.41) is 0. The van der Waals surface area contributed by atoms with E-state index in [2.05, 4.69) is 17.1 Å². The maximum absolute atomic E-state index is 12.1. The Labute approximate surface area is 226 Å². The summed E-state index contributed by atoms with van der Waals surface area (Å²) in [6.07, 6.45) is 1.47. The number of hydrogen-bond donors (Lipinski definition) is 0. The molecule has 200 valence electrons. The Morgan fingerprint density at radius 3 is 2.08 bits per heavy atom. The molecule has 0 saturated carbocycles. The first-order chi connectivity index (χ1) is 19.0. The molecule has 0 spiro atoms. The summed E-state index contributed by atoms with van der Waals surface area (Å²) in [5.74, 6) is 1.51. The molecule has 2 aliphatic heterocycles. The Morgan fingerprint density at radius 1 is 0.897 bits per heavy atom. The van der Waals surface area contributed by atoms with Gasteiger partial charge in [-0.05, 0) is 47.9 Å². The Balaban J connectivity index is 1.40. The molecule has 3 atom stereocenters. The van der Waals surface area contributed by atoms with Crippen molar-refractivity contribution in [1.82, 2.24) is 9.55 Å². The van der Waals surface area contributed by atoms with Crippen LogP contribution in [0.3, 0.4) is 0 Å². The van der Waals surface area contributed by atoms with Crippen LogP contribution in [0.1, 0.15) is 34.9 Å². The van der Waals surface area contributed by atoms with E-state index in [1.165, 1.54) is 0 Å². The van der Waals surface area contributed by atoms with Gasteiger partial charge in [-0.25, -0.2) is 0 Å². The number of aryl methyl sites for hydroxylation is 1. The van der Waals surface area contributed by atoms with Gasteiger partial charge in [-0.1, -0.05) is 54.6 Å². The van der Waals surface area contributed by atoms with Crippen LogP contribution in [0, 0.1) is 6.92 Å². The quantitative estimate of drug-likeness (QED) is 0.310. The van der Waals surface area contributed by atoms with Crippen molar-refractivity contribution in [2.75, 3.05) is 20.8 Å². The molecule has 0 amide bonds. The van der Waals surface area contributed by atoms with Crippen LogP contribution in [-0.4, -0.2) is 42.6 Å². The van der Waals surface area contributed by atoms with E-state index in [0.717, 1.165) is 28.2 Å². The van der Waals surface area contributed by atoms with Gasteiger partial charge in [0.05, 0.1) is 20.8 Å². The third-order valence-electron chi connectivity index (χ3n) is 7.47. The van der Waals surface area contributed by atoms with E-state index >= 15 is 0 Å². The molecule has 3 aromatic carbocycles. The third-order valence-corrected chi connectivity index (χ3v) is 7.47. The zero-order valence-corrected chi connectivity index (χ0v) is 22.1. The van der Waals surface area contributed by atoms with Gasteiger partial charge in [0.15, 0.2) is 0 Å². The van der Waals surface area contributed by atoms with Crippen molar-refractivity contribution in [3.05, 3.63) is 118 Å². The molecule has 0 unspecified atom stereocenters. The monoisotopic (exact) mass is 526 g/mol. The van der Waals surface area contributed by atoms with E-state index in [4.69, 9.17) is 23.7 Å². The molecule has 1 aromatic heterocycles. The summed E-state index contributed by atoms with van der Waals surface area (Å²) in [4.78, 5) is 16.3. The van der Waals surface area contributed by atoms with Gasteiger partial charge in [0, 0.05) is 18.2 Å². The SMILES string of the molecule is COc1ccc(C(OC[C@H]2O[C@@H]3C[C@@H]2Oc2nc(=O)c(C)cn23)(c2ccccc2)c2ccc(OC)cc2)cc1. The highest BCUT2D eigenvalue weighted by Crippen LogP contribution is 2.44. The van der Waals surface area contributed by atoms with Gasteiger partial charge >= 0.3 is 6.01 Å². The highest BCUT2D eigenvalue weighted by molar-refractivity contribution is 5.49. The Hall–Kier alpha value is -4.14. The molecule has 0 N–H and O–H groups in total. The number of methoxy groups -OCH3 is 2. The Morgan fingerprint density at radius 2 is 1.49 bits per heavy atom. The maximum Gasteiger partial charge on any atom is 0.302 e. The Bertz CT molecular complexity index is 1450. The Kier molecular flexibility index (Phi) is 6.58. The normalized spacial score (nSPS) is 19.7. The van der Waals surface area contributed by atoms with E-state index < -0.39 is 5.60 Å². The van der Waals surface area contributed by atoms with Crippen LogP contribution in [-0.2, 0) is 15.1 Å². The van der Waals surface area contributed by atoms with Gasteiger partial charge in [-0.15, -0.1) is 0 Å². The van der Waals surface area contributed by atoms with Crippen LogP contribution in [0.4, 0.5) is 0 Å². The molecule has 2 bridgehead atoms. The molecule has 1 saturated heterocycles. The van der Waals surface area contributed by atoms with Crippen LogP contribution in [0.2, 0.25) is 0 Å². The predicted molar refractivity (Wildman–Crippen MR) is 144 cm³/mol. The zero-order valence-electron chi connectivity index (χ0n) is 22.1. The minimum absolute atomic E-state index is 0.242. The van der Waals surface area contributed by atoms with E-state index in [1.54, 1.807) is 31.9 Å². The van der Waals surface area contributed by atoms with Gasteiger partial charge in [0.25, 0.3) is 5.56 Å². The maximum atomic E-state index is 12.1. The van der Waals surface area contributed by atoms with Crippen LogP contribution < -0.4 is 19.8 Å². The second-order valence-corrected chi connectivity index (χ2v) is 9.76. The average Bonchev–Trinajstić information content (AvgIpc) is 3.32. The molecule has 39 heavy (non-hydrogen) atoms. The molecule has 4 aromatic rings. The lowest BCUT2D eigenvalue weighted by molar-refractivity contribution is -0.0816. The van der Waals surface area contributed by atoms with E-state index in [1.807, 2.05) is 66.7 Å². The molecule has 2 aliphatic rings. The van der Waals surface area contributed by atoms with E-state index in [-0.39, 0.29) is 36.6 Å². The first kappa shape index (κ1) is 25.2. The van der Waals surface area contributed by atoms with Gasteiger partial charge < -0.3 is 23.7 Å². The fraction of sp³-hybridized carbons (Fsp3) is 0.290. The van der Waals surface area contributed by atoms with Crippen molar-refractivity contribution < 1.29 is 23.7 Å². The van der Waals surface area contributed by atoms with Gasteiger partial charge in [0.2, 0.25) is 0 Å². The second kappa shape index (κ2) is 10.2. The number of rotatable bonds is 8. The number of benzene rings is 3. The lowest BCUT2D eigenvalue weighted by atomic mass is 9.80. The van der Waals surface area contributed by atoms with Crippen molar-refractivity contribution in [2.45, 2.75) is 37.4 Å². The standard InChI is InChI=1S/C31H30N2O6/c1-20-18-33-28-17-26(39-30(33)32-29(20)34)27(38-28)19-37-31(21-7-5-4-6-8-21,22-9-13-24(35-2)14-10-22)23-11-15-25(36-3)16-12-23/h4-16,18,26-28H,17,19H2,1-3H3/t26-,27+,28+/m0/s1. The summed E-state index contributed by atoms with van der Waals surface area (Å²) in [6, 6.07) is 26.2. The van der Waals surface area contributed by atoms with Crippen LogP contribution in [0.25, 0.3) is 0 Å². The summed E-state index contributed by atoms with van der Waals surface area (Å²) in [7, 11) is 3.30.